The fourth-order valence-corrected chi connectivity index (χ4v) is 3.54. The van der Waals surface area contributed by atoms with Crippen molar-refractivity contribution in [3.8, 4) is 0 Å². The van der Waals surface area contributed by atoms with Crippen LogP contribution in [0.15, 0.2) is 36.7 Å². The average molecular weight is 269 g/mol. The quantitative estimate of drug-likeness (QED) is 0.927. The second-order valence-electron chi connectivity index (χ2n) is 5.88. The number of nitrogens with zero attached hydrogens (tertiary/aromatic N) is 2. The number of nitrogens with two attached hydrogens (primary N) is 1. The normalized spacial score (nSPS) is 21.7. The molecule has 1 unspecified atom stereocenters. The molecule has 20 heavy (non-hydrogen) atoms. The van der Waals surface area contributed by atoms with E-state index in [0.717, 1.165) is 13.0 Å². The summed E-state index contributed by atoms with van der Waals surface area (Å²) in [6.07, 6.45) is 8.76. The number of aromatic nitrogens is 2. The van der Waals surface area contributed by atoms with Crippen LogP contribution in [-0.2, 0) is 24.8 Å². The molecule has 3 rings (SSSR count). The molecule has 0 spiro atoms. The zero-order valence-corrected chi connectivity index (χ0v) is 12.2. The average Bonchev–Trinajstić information content (AvgIpc) is 2.95. The smallest absolute Gasteiger partial charge is 0.0522 e. The number of aryl methyl sites for hydroxylation is 2. The van der Waals surface area contributed by atoms with E-state index < -0.39 is 0 Å². The van der Waals surface area contributed by atoms with Crippen molar-refractivity contribution in [2.75, 3.05) is 6.54 Å². The van der Waals surface area contributed by atoms with Gasteiger partial charge in [0.15, 0.2) is 0 Å². The Labute approximate surface area is 120 Å². The molecular formula is C17H23N3. The third kappa shape index (κ3) is 2.27. The molecule has 1 aliphatic rings. The molecule has 0 bridgehead atoms. The molecule has 3 nitrogen and oxygen atoms in total. The molecule has 1 aliphatic carbocycles. The highest BCUT2D eigenvalue weighted by Crippen LogP contribution is 2.39. The van der Waals surface area contributed by atoms with E-state index in [9.17, 15) is 0 Å². The van der Waals surface area contributed by atoms with Gasteiger partial charge in [-0.25, -0.2) is 0 Å². The van der Waals surface area contributed by atoms with Gasteiger partial charge in [0.1, 0.15) is 0 Å². The van der Waals surface area contributed by atoms with E-state index in [1.54, 1.807) is 0 Å². The highest BCUT2D eigenvalue weighted by Gasteiger charge is 2.35. The number of benzene rings is 1. The van der Waals surface area contributed by atoms with Crippen LogP contribution in [0.4, 0.5) is 0 Å². The van der Waals surface area contributed by atoms with Crippen LogP contribution in [0.1, 0.15) is 36.5 Å². The minimum atomic E-state index is 0.0937. The first kappa shape index (κ1) is 13.4. The van der Waals surface area contributed by atoms with E-state index in [-0.39, 0.29) is 5.41 Å². The highest BCUT2D eigenvalue weighted by atomic mass is 15.3. The Morgan fingerprint density at radius 2 is 2.20 bits per heavy atom. The Morgan fingerprint density at radius 1 is 1.35 bits per heavy atom. The van der Waals surface area contributed by atoms with Crippen molar-refractivity contribution < 1.29 is 0 Å². The maximum atomic E-state index is 6.21. The van der Waals surface area contributed by atoms with Crippen LogP contribution in [-0.4, -0.2) is 16.3 Å². The molecule has 106 valence electrons. The fraction of sp³-hybridized carbons (Fsp3) is 0.471. The lowest BCUT2D eigenvalue weighted by atomic mass is 9.67. The van der Waals surface area contributed by atoms with Crippen molar-refractivity contribution in [2.45, 2.75) is 44.6 Å². The van der Waals surface area contributed by atoms with Gasteiger partial charge in [-0.1, -0.05) is 24.3 Å². The van der Waals surface area contributed by atoms with Crippen LogP contribution in [0.5, 0.6) is 0 Å². The minimum Gasteiger partial charge on any atom is -0.330 e. The zero-order chi connectivity index (χ0) is 14.0. The summed E-state index contributed by atoms with van der Waals surface area (Å²) in [6.45, 7) is 3.75. The van der Waals surface area contributed by atoms with Gasteiger partial charge >= 0.3 is 0 Å². The number of rotatable bonds is 4. The predicted octanol–water partition coefficient (Wildman–Crippen LogP) is 2.68. The van der Waals surface area contributed by atoms with Crippen LogP contribution in [0, 0.1) is 0 Å². The van der Waals surface area contributed by atoms with Gasteiger partial charge in [-0.3, -0.25) is 4.68 Å². The maximum Gasteiger partial charge on any atom is 0.0522 e. The van der Waals surface area contributed by atoms with E-state index in [1.165, 1.54) is 36.0 Å². The van der Waals surface area contributed by atoms with Crippen molar-refractivity contribution in [2.24, 2.45) is 5.73 Å². The largest absolute Gasteiger partial charge is 0.330 e. The molecule has 1 heterocycles. The Kier molecular flexibility index (Phi) is 3.62. The van der Waals surface area contributed by atoms with Crippen LogP contribution in [0.2, 0.25) is 0 Å². The summed E-state index contributed by atoms with van der Waals surface area (Å²) >= 11 is 0. The van der Waals surface area contributed by atoms with Crippen LogP contribution in [0.3, 0.4) is 0 Å². The minimum absolute atomic E-state index is 0.0937. The Bertz CT molecular complexity index is 587. The molecule has 0 amide bonds. The first-order chi connectivity index (χ1) is 9.77. The van der Waals surface area contributed by atoms with Gasteiger partial charge in [0.05, 0.1) is 6.20 Å². The molecule has 0 saturated carbocycles. The van der Waals surface area contributed by atoms with Gasteiger partial charge in [-0.05, 0) is 49.3 Å². The second kappa shape index (κ2) is 5.41. The topological polar surface area (TPSA) is 43.8 Å². The van der Waals surface area contributed by atoms with Crippen LogP contribution >= 0.6 is 0 Å². The van der Waals surface area contributed by atoms with Gasteiger partial charge in [-0.15, -0.1) is 0 Å². The van der Waals surface area contributed by atoms with Crippen molar-refractivity contribution in [1.29, 1.82) is 0 Å². The lowest BCUT2D eigenvalue weighted by molar-refractivity contribution is 0.365. The summed E-state index contributed by atoms with van der Waals surface area (Å²) < 4.78 is 1.99. The third-order valence-electron chi connectivity index (χ3n) is 4.63. The third-order valence-corrected chi connectivity index (χ3v) is 4.63. The molecule has 3 heteroatoms. The van der Waals surface area contributed by atoms with Crippen LogP contribution < -0.4 is 5.73 Å². The van der Waals surface area contributed by atoms with E-state index in [2.05, 4.69) is 42.5 Å². The van der Waals surface area contributed by atoms with Crippen molar-refractivity contribution >= 4 is 0 Å². The fourth-order valence-electron chi connectivity index (χ4n) is 3.54. The first-order valence-electron chi connectivity index (χ1n) is 7.57. The Morgan fingerprint density at radius 3 is 2.95 bits per heavy atom. The molecule has 1 aromatic heterocycles. The molecule has 0 aliphatic heterocycles. The lowest BCUT2D eigenvalue weighted by Gasteiger charge is -2.38. The van der Waals surface area contributed by atoms with Crippen molar-refractivity contribution in [3.63, 3.8) is 0 Å². The van der Waals surface area contributed by atoms with Crippen molar-refractivity contribution in [1.82, 2.24) is 9.78 Å². The monoisotopic (exact) mass is 269 g/mol. The Hall–Kier alpha value is -1.61. The van der Waals surface area contributed by atoms with Gasteiger partial charge < -0.3 is 5.73 Å². The zero-order valence-electron chi connectivity index (χ0n) is 12.2. The summed E-state index contributed by atoms with van der Waals surface area (Å²) in [6, 6.07) is 8.81. The van der Waals surface area contributed by atoms with Gasteiger partial charge in [0.25, 0.3) is 0 Å². The van der Waals surface area contributed by atoms with Gasteiger partial charge in [-0.2, -0.15) is 5.10 Å². The molecule has 0 fully saturated rings. The summed E-state index contributed by atoms with van der Waals surface area (Å²) in [5, 5.41) is 4.40. The summed E-state index contributed by atoms with van der Waals surface area (Å²) in [5.41, 5.74) is 10.5. The number of fused-ring (bicyclic) bond motifs is 1. The second-order valence-corrected chi connectivity index (χ2v) is 5.88. The SMILES string of the molecule is CCn1cc(CC2(CN)CCCc3ccccc32)cn1. The van der Waals surface area contributed by atoms with Gasteiger partial charge in [0, 0.05) is 24.7 Å². The highest BCUT2D eigenvalue weighted by molar-refractivity contribution is 5.38. The number of hydrogen-bond donors (Lipinski definition) is 1. The molecule has 1 aromatic carbocycles. The summed E-state index contributed by atoms with van der Waals surface area (Å²) in [4.78, 5) is 0. The summed E-state index contributed by atoms with van der Waals surface area (Å²) in [5.74, 6) is 0. The molecular weight excluding hydrogens is 246 g/mol. The standard InChI is InChI=1S/C17H23N3/c1-2-20-12-14(11-19-20)10-17(13-18)9-5-7-15-6-3-4-8-16(15)17/h3-4,6,8,11-12H,2,5,7,9-10,13,18H2,1H3. The molecule has 1 atom stereocenters. The molecule has 0 saturated heterocycles. The molecule has 2 aromatic rings. The Balaban J connectivity index is 1.96. The van der Waals surface area contributed by atoms with E-state index >= 15 is 0 Å². The first-order valence-corrected chi connectivity index (χ1v) is 7.57. The maximum absolute atomic E-state index is 6.21. The van der Waals surface area contributed by atoms with E-state index in [0.29, 0.717) is 6.54 Å². The van der Waals surface area contributed by atoms with E-state index in [1.807, 2.05) is 10.9 Å². The molecule has 0 radical (unpaired) electrons. The number of hydrogen-bond acceptors (Lipinski definition) is 2. The van der Waals surface area contributed by atoms with Crippen LogP contribution in [0.25, 0.3) is 0 Å². The van der Waals surface area contributed by atoms with Crippen molar-refractivity contribution in [3.05, 3.63) is 53.3 Å². The van der Waals surface area contributed by atoms with Gasteiger partial charge in [0.2, 0.25) is 0 Å². The van der Waals surface area contributed by atoms with E-state index in [4.69, 9.17) is 5.73 Å². The lowest BCUT2D eigenvalue weighted by Crippen LogP contribution is -2.40. The molecule has 2 N–H and O–H groups in total. The summed E-state index contributed by atoms with van der Waals surface area (Å²) in [7, 11) is 0. The predicted molar refractivity (Wildman–Crippen MR) is 81.7 cm³/mol.